The van der Waals surface area contributed by atoms with Gasteiger partial charge in [0.15, 0.2) is 0 Å². The topological polar surface area (TPSA) is 71.6 Å². The first-order chi connectivity index (χ1) is 14.2. The van der Waals surface area contributed by atoms with Crippen LogP contribution in [0.2, 0.25) is 0 Å². The van der Waals surface area contributed by atoms with Crippen molar-refractivity contribution in [1.29, 1.82) is 0 Å². The standard InChI is InChI=1S/C25H37NO4/c1-9-18(4)22(27)19(5)15-17(3)12-10-11-16(2)13-14-21-20(6)23(28)24(29-7)25(26-21)30-8/h9-10,12-13,15,19,22,27H,11,14H2,1-8H3,(H,26,28)/b12-10+,16-13+,17-15+,18-9+/t19-,22-/m1/s1. The number of allylic oxidation sites excluding steroid dienone is 6. The highest BCUT2D eigenvalue weighted by Crippen LogP contribution is 2.22. The predicted molar refractivity (Wildman–Crippen MR) is 124 cm³/mol. The maximum absolute atomic E-state index is 12.4. The summed E-state index contributed by atoms with van der Waals surface area (Å²) in [5.41, 5.74) is 4.61. The number of H-pyrrole nitrogens is 1. The first-order valence-electron chi connectivity index (χ1n) is 10.3. The van der Waals surface area contributed by atoms with E-state index in [1.54, 1.807) is 6.92 Å². The molecule has 5 heteroatoms. The fourth-order valence-electron chi connectivity index (χ4n) is 3.17. The molecule has 166 valence electrons. The lowest BCUT2D eigenvalue weighted by Crippen LogP contribution is -2.17. The van der Waals surface area contributed by atoms with Crippen molar-refractivity contribution in [1.82, 2.24) is 4.98 Å². The number of aromatic amines is 1. The molecule has 0 aliphatic rings. The normalized spacial score (nSPS) is 15.4. The second-order valence-corrected chi connectivity index (χ2v) is 7.73. The SMILES string of the molecule is C/C=C(\C)[C@@H](O)[C@H](C)/C=C(C)/C=C/C/C(C)=C/Cc1[nH]c(OC)c(OC)c(=O)c1C. The fraction of sp³-hybridized carbons (Fsp3) is 0.480. The summed E-state index contributed by atoms with van der Waals surface area (Å²) in [5.74, 6) is 0.611. The summed E-state index contributed by atoms with van der Waals surface area (Å²) in [7, 11) is 2.97. The van der Waals surface area contributed by atoms with Crippen molar-refractivity contribution in [2.75, 3.05) is 14.2 Å². The molecule has 1 heterocycles. The molecule has 2 N–H and O–H groups in total. The molecule has 5 nitrogen and oxygen atoms in total. The van der Waals surface area contributed by atoms with Crippen molar-refractivity contribution >= 4 is 0 Å². The zero-order valence-corrected chi connectivity index (χ0v) is 19.6. The third-order valence-electron chi connectivity index (χ3n) is 5.30. The van der Waals surface area contributed by atoms with Crippen LogP contribution in [-0.4, -0.2) is 30.4 Å². The number of hydrogen-bond acceptors (Lipinski definition) is 4. The van der Waals surface area contributed by atoms with Crippen LogP contribution >= 0.6 is 0 Å². The number of aliphatic hydroxyl groups excluding tert-OH is 1. The van der Waals surface area contributed by atoms with Gasteiger partial charge in [-0.2, -0.15) is 0 Å². The minimum absolute atomic E-state index is 0.0624. The third kappa shape index (κ3) is 7.06. The van der Waals surface area contributed by atoms with Crippen LogP contribution in [0.4, 0.5) is 0 Å². The molecule has 1 aromatic rings. The van der Waals surface area contributed by atoms with Gasteiger partial charge in [0.25, 0.3) is 0 Å². The van der Waals surface area contributed by atoms with Gasteiger partial charge < -0.3 is 19.6 Å². The molecule has 0 amide bonds. The number of hydrogen-bond donors (Lipinski definition) is 2. The van der Waals surface area contributed by atoms with Crippen LogP contribution in [0.15, 0.2) is 51.9 Å². The Morgan fingerprint density at radius 2 is 1.87 bits per heavy atom. The van der Waals surface area contributed by atoms with E-state index in [2.05, 4.69) is 36.2 Å². The molecule has 0 bridgehead atoms. The van der Waals surface area contributed by atoms with E-state index >= 15 is 0 Å². The summed E-state index contributed by atoms with van der Waals surface area (Å²) in [6.07, 6.45) is 11.3. The molecule has 0 unspecified atom stereocenters. The number of ether oxygens (including phenoxy) is 2. The van der Waals surface area contributed by atoms with Crippen molar-refractivity contribution in [2.24, 2.45) is 5.92 Å². The smallest absolute Gasteiger partial charge is 0.238 e. The van der Waals surface area contributed by atoms with Crippen LogP contribution in [0.25, 0.3) is 0 Å². The Balaban J connectivity index is 2.80. The number of rotatable bonds is 10. The van der Waals surface area contributed by atoms with E-state index in [0.29, 0.717) is 17.9 Å². The van der Waals surface area contributed by atoms with Gasteiger partial charge in [-0.15, -0.1) is 0 Å². The third-order valence-corrected chi connectivity index (χ3v) is 5.30. The predicted octanol–water partition coefficient (Wildman–Crippen LogP) is 5.05. The molecule has 0 spiro atoms. The largest absolute Gasteiger partial charge is 0.488 e. The molecule has 0 aliphatic heterocycles. The molecule has 0 saturated heterocycles. The van der Waals surface area contributed by atoms with E-state index in [4.69, 9.17) is 9.47 Å². The highest BCUT2D eigenvalue weighted by atomic mass is 16.5. The molecule has 0 aliphatic carbocycles. The highest BCUT2D eigenvalue weighted by Gasteiger charge is 2.15. The molecule has 0 saturated carbocycles. The summed E-state index contributed by atoms with van der Waals surface area (Å²) in [6, 6.07) is 0. The van der Waals surface area contributed by atoms with Crippen LogP contribution in [0.1, 0.15) is 52.3 Å². The number of pyridine rings is 1. The second kappa shape index (κ2) is 12.2. The average Bonchev–Trinajstić information content (AvgIpc) is 2.73. The monoisotopic (exact) mass is 415 g/mol. The number of nitrogens with one attached hydrogen (secondary N) is 1. The molecule has 1 aromatic heterocycles. The van der Waals surface area contributed by atoms with Gasteiger partial charge in [-0.25, -0.2) is 0 Å². The first kappa shape index (κ1) is 25.5. The molecule has 1 rings (SSSR count). The van der Waals surface area contributed by atoms with Gasteiger partial charge in [0.05, 0.1) is 20.3 Å². The van der Waals surface area contributed by atoms with E-state index in [-0.39, 0.29) is 17.1 Å². The first-order valence-corrected chi connectivity index (χ1v) is 10.3. The van der Waals surface area contributed by atoms with E-state index in [1.807, 2.05) is 33.8 Å². The molecular formula is C25H37NO4. The Morgan fingerprint density at radius 1 is 1.20 bits per heavy atom. The van der Waals surface area contributed by atoms with Gasteiger partial charge in [-0.1, -0.05) is 48.5 Å². The van der Waals surface area contributed by atoms with Gasteiger partial charge >= 0.3 is 0 Å². The van der Waals surface area contributed by atoms with Crippen molar-refractivity contribution in [3.63, 3.8) is 0 Å². The number of methoxy groups -OCH3 is 2. The molecule has 0 fully saturated rings. The lowest BCUT2D eigenvalue weighted by Gasteiger charge is -2.16. The zero-order chi connectivity index (χ0) is 22.8. The summed E-state index contributed by atoms with van der Waals surface area (Å²) in [4.78, 5) is 15.6. The Bertz CT molecular complexity index is 887. The highest BCUT2D eigenvalue weighted by molar-refractivity contribution is 5.40. The summed E-state index contributed by atoms with van der Waals surface area (Å²) in [6.45, 7) is 11.8. The number of aliphatic hydroxyl groups is 1. The maximum atomic E-state index is 12.4. The molecule has 2 atom stereocenters. The van der Waals surface area contributed by atoms with Crippen molar-refractivity contribution in [2.45, 2.75) is 60.5 Å². The molecule has 0 radical (unpaired) electrons. The molecule has 0 aromatic carbocycles. The van der Waals surface area contributed by atoms with Crippen LogP contribution in [0.5, 0.6) is 11.6 Å². The van der Waals surface area contributed by atoms with Crippen LogP contribution < -0.4 is 14.9 Å². The summed E-state index contributed by atoms with van der Waals surface area (Å²) in [5, 5.41) is 10.3. The van der Waals surface area contributed by atoms with Crippen molar-refractivity contribution < 1.29 is 14.6 Å². The van der Waals surface area contributed by atoms with E-state index < -0.39 is 6.10 Å². The zero-order valence-electron chi connectivity index (χ0n) is 19.6. The van der Waals surface area contributed by atoms with E-state index in [9.17, 15) is 9.90 Å². The van der Waals surface area contributed by atoms with Crippen molar-refractivity contribution in [3.05, 3.63) is 68.6 Å². The number of aromatic nitrogens is 1. The Hall–Kier alpha value is -2.53. The fourth-order valence-corrected chi connectivity index (χ4v) is 3.17. The minimum atomic E-state index is -0.452. The lowest BCUT2D eigenvalue weighted by molar-refractivity contribution is 0.173. The van der Waals surface area contributed by atoms with Crippen LogP contribution in [0, 0.1) is 12.8 Å². The van der Waals surface area contributed by atoms with Gasteiger partial charge in [-0.05, 0) is 46.6 Å². The van der Waals surface area contributed by atoms with Crippen LogP contribution in [0.3, 0.4) is 0 Å². The average molecular weight is 416 g/mol. The van der Waals surface area contributed by atoms with Gasteiger partial charge in [0.1, 0.15) is 0 Å². The van der Waals surface area contributed by atoms with Gasteiger partial charge in [-0.3, -0.25) is 4.79 Å². The lowest BCUT2D eigenvalue weighted by atomic mass is 9.96. The van der Waals surface area contributed by atoms with E-state index in [1.165, 1.54) is 19.8 Å². The minimum Gasteiger partial charge on any atom is -0.488 e. The molecule has 30 heavy (non-hydrogen) atoms. The van der Waals surface area contributed by atoms with Gasteiger partial charge in [0.2, 0.25) is 17.1 Å². The Morgan fingerprint density at radius 3 is 2.43 bits per heavy atom. The second-order valence-electron chi connectivity index (χ2n) is 7.73. The van der Waals surface area contributed by atoms with Crippen molar-refractivity contribution in [3.8, 4) is 11.6 Å². The summed E-state index contributed by atoms with van der Waals surface area (Å²) < 4.78 is 10.4. The van der Waals surface area contributed by atoms with Gasteiger partial charge in [0, 0.05) is 23.6 Å². The van der Waals surface area contributed by atoms with E-state index in [0.717, 1.165) is 23.3 Å². The Labute approximate surface area is 180 Å². The molecular weight excluding hydrogens is 378 g/mol. The van der Waals surface area contributed by atoms with Crippen LogP contribution in [-0.2, 0) is 6.42 Å². The quantitative estimate of drug-likeness (QED) is 0.415. The maximum Gasteiger partial charge on any atom is 0.238 e. The Kier molecular flexibility index (Phi) is 10.4. The summed E-state index contributed by atoms with van der Waals surface area (Å²) >= 11 is 0.